The molecule has 29 heavy (non-hydrogen) atoms. The molecule has 10 nitrogen and oxygen atoms in total. The van der Waals surface area contributed by atoms with E-state index in [4.69, 9.17) is 14.2 Å². The Balaban J connectivity index is 2.00. The van der Waals surface area contributed by atoms with Gasteiger partial charge in [-0.15, -0.1) is 0 Å². The normalized spacial score (nSPS) is 17.5. The summed E-state index contributed by atoms with van der Waals surface area (Å²) < 4.78 is 68.4. The highest BCUT2D eigenvalue weighted by atomic mass is 32.2. The van der Waals surface area contributed by atoms with E-state index in [0.29, 0.717) is 12.1 Å². The molecule has 2 N–H and O–H groups in total. The Morgan fingerprint density at radius 2 is 1.90 bits per heavy atom. The second-order valence-corrected chi connectivity index (χ2v) is 7.70. The number of hydrogen-bond acceptors (Lipinski definition) is 7. The predicted octanol–water partition coefficient (Wildman–Crippen LogP) is -0.837. The molecular weight excluding hydrogens is 416 g/mol. The van der Waals surface area contributed by atoms with Gasteiger partial charge >= 0.3 is 11.8 Å². The zero-order valence-corrected chi connectivity index (χ0v) is 16.5. The second-order valence-electron chi connectivity index (χ2n) is 5.84. The molecule has 0 bridgehead atoms. The lowest BCUT2D eigenvalue weighted by molar-refractivity contribution is -0.142. The van der Waals surface area contributed by atoms with Crippen molar-refractivity contribution in [1.82, 2.24) is 14.9 Å². The Morgan fingerprint density at radius 1 is 1.24 bits per heavy atom. The molecule has 1 heterocycles. The first-order valence-corrected chi connectivity index (χ1v) is 9.84. The second kappa shape index (κ2) is 10.0. The summed E-state index contributed by atoms with van der Waals surface area (Å²) >= 11 is 0. The van der Waals surface area contributed by atoms with Gasteiger partial charge < -0.3 is 24.8 Å². The third-order valence-corrected chi connectivity index (χ3v) is 5.93. The number of amides is 2. The lowest BCUT2D eigenvalue weighted by Gasteiger charge is -2.23. The molecule has 0 spiro atoms. The maximum Gasteiger partial charge on any atom is 0.309 e. The van der Waals surface area contributed by atoms with Crippen LogP contribution in [-0.4, -0.2) is 77.5 Å². The molecule has 1 saturated heterocycles. The summed E-state index contributed by atoms with van der Waals surface area (Å²) in [5.74, 6) is -4.07. The van der Waals surface area contributed by atoms with Crippen molar-refractivity contribution in [2.24, 2.45) is 0 Å². The first-order chi connectivity index (χ1) is 13.7. The third kappa shape index (κ3) is 5.67. The highest BCUT2D eigenvalue weighted by Crippen LogP contribution is 2.24. The number of carbonyl (C=O) groups is 2. The minimum atomic E-state index is -4.43. The van der Waals surface area contributed by atoms with Gasteiger partial charge in [-0.25, -0.2) is 17.2 Å². The van der Waals surface area contributed by atoms with E-state index in [0.717, 1.165) is 10.4 Å². The Kier molecular flexibility index (Phi) is 7.98. The fraction of sp³-hybridized carbons (Fsp3) is 0.500. The maximum absolute atomic E-state index is 13.9. The number of hydrogen-bond donors (Lipinski definition) is 2. The average Bonchev–Trinajstić information content (AvgIpc) is 3.18. The van der Waals surface area contributed by atoms with Crippen LogP contribution in [0.4, 0.5) is 8.78 Å². The SMILES string of the molecule is COC(CNC(=O)C(=O)NCC1OCCN1S(=O)(=O)c1cc(F)ccc1F)OC. The van der Waals surface area contributed by atoms with Gasteiger partial charge in [0.15, 0.2) is 6.29 Å². The average molecular weight is 437 g/mol. The summed E-state index contributed by atoms with van der Waals surface area (Å²) in [6, 6.07) is 2.06. The highest BCUT2D eigenvalue weighted by Gasteiger charge is 2.38. The fourth-order valence-electron chi connectivity index (χ4n) is 2.52. The molecule has 1 atom stereocenters. The van der Waals surface area contributed by atoms with Crippen molar-refractivity contribution in [3.63, 3.8) is 0 Å². The Bertz CT molecular complexity index is 849. The monoisotopic (exact) mass is 437 g/mol. The van der Waals surface area contributed by atoms with E-state index in [1.54, 1.807) is 0 Å². The van der Waals surface area contributed by atoms with Crippen LogP contribution < -0.4 is 10.6 Å². The van der Waals surface area contributed by atoms with Crippen LogP contribution in [0.25, 0.3) is 0 Å². The van der Waals surface area contributed by atoms with Gasteiger partial charge in [0, 0.05) is 20.8 Å². The van der Waals surface area contributed by atoms with Crippen molar-refractivity contribution in [2.45, 2.75) is 17.4 Å². The van der Waals surface area contributed by atoms with Crippen molar-refractivity contribution < 1.29 is 41.0 Å². The minimum Gasteiger partial charge on any atom is -0.359 e. The number of ether oxygens (including phenoxy) is 3. The number of halogens is 2. The molecule has 1 aromatic carbocycles. The minimum absolute atomic E-state index is 0.0216. The first kappa shape index (κ1) is 23.1. The molecule has 1 unspecified atom stereocenters. The number of benzene rings is 1. The maximum atomic E-state index is 13.9. The largest absolute Gasteiger partial charge is 0.359 e. The molecule has 0 aliphatic carbocycles. The van der Waals surface area contributed by atoms with Crippen LogP contribution in [0.3, 0.4) is 0 Å². The van der Waals surface area contributed by atoms with E-state index < -0.39 is 50.9 Å². The van der Waals surface area contributed by atoms with Gasteiger partial charge in [-0.1, -0.05) is 0 Å². The standard InChI is InChI=1S/C16H21F2N3O7S/c1-26-14(27-2)9-20-16(23)15(22)19-8-13-21(5-6-28-13)29(24,25)12-7-10(17)3-4-11(12)18/h3-4,7,13-14H,5-6,8-9H2,1-2H3,(H,19,22)(H,20,23). The number of rotatable bonds is 8. The van der Waals surface area contributed by atoms with E-state index in [9.17, 15) is 26.8 Å². The molecular formula is C16H21F2N3O7S. The highest BCUT2D eigenvalue weighted by molar-refractivity contribution is 7.89. The van der Waals surface area contributed by atoms with Crippen LogP contribution in [-0.2, 0) is 33.8 Å². The van der Waals surface area contributed by atoms with Crippen LogP contribution in [0.5, 0.6) is 0 Å². The smallest absolute Gasteiger partial charge is 0.309 e. The number of nitrogens with zero attached hydrogens (tertiary/aromatic N) is 1. The Labute approximate surface area is 166 Å². The molecule has 1 aromatic rings. The molecule has 1 aliphatic rings. The van der Waals surface area contributed by atoms with E-state index in [1.165, 1.54) is 14.2 Å². The van der Waals surface area contributed by atoms with Gasteiger partial charge in [0.25, 0.3) is 0 Å². The van der Waals surface area contributed by atoms with Crippen molar-refractivity contribution in [1.29, 1.82) is 0 Å². The van der Waals surface area contributed by atoms with Crippen LogP contribution in [0.15, 0.2) is 23.1 Å². The van der Waals surface area contributed by atoms with Crippen LogP contribution in [0.1, 0.15) is 0 Å². The summed E-state index contributed by atoms with van der Waals surface area (Å²) in [5.41, 5.74) is 0. The molecule has 2 amide bonds. The van der Waals surface area contributed by atoms with E-state index in [2.05, 4.69) is 10.6 Å². The Morgan fingerprint density at radius 3 is 2.55 bits per heavy atom. The van der Waals surface area contributed by atoms with Gasteiger partial charge in [0.1, 0.15) is 22.8 Å². The lowest BCUT2D eigenvalue weighted by atomic mass is 10.3. The molecule has 13 heteroatoms. The van der Waals surface area contributed by atoms with Gasteiger partial charge in [-0.2, -0.15) is 4.31 Å². The molecule has 1 aliphatic heterocycles. The van der Waals surface area contributed by atoms with E-state index in [1.807, 2.05) is 0 Å². The van der Waals surface area contributed by atoms with Crippen LogP contribution in [0.2, 0.25) is 0 Å². The van der Waals surface area contributed by atoms with E-state index in [-0.39, 0.29) is 26.2 Å². The fourth-order valence-corrected chi connectivity index (χ4v) is 4.11. The summed E-state index contributed by atoms with van der Waals surface area (Å²) in [4.78, 5) is 22.8. The summed E-state index contributed by atoms with van der Waals surface area (Å²) in [5, 5.41) is 4.51. The van der Waals surface area contributed by atoms with Crippen molar-refractivity contribution in [2.75, 3.05) is 40.5 Å². The first-order valence-electron chi connectivity index (χ1n) is 8.40. The molecule has 0 saturated carbocycles. The lowest BCUT2D eigenvalue weighted by Crippen LogP contribution is -2.48. The summed E-state index contributed by atoms with van der Waals surface area (Å²) in [7, 11) is -1.72. The molecule has 2 rings (SSSR count). The third-order valence-electron chi connectivity index (χ3n) is 4.02. The number of nitrogens with one attached hydrogen (secondary N) is 2. The van der Waals surface area contributed by atoms with Crippen molar-refractivity contribution in [3.8, 4) is 0 Å². The van der Waals surface area contributed by atoms with Crippen LogP contribution >= 0.6 is 0 Å². The molecule has 0 aromatic heterocycles. The molecule has 162 valence electrons. The topological polar surface area (TPSA) is 123 Å². The molecule has 0 radical (unpaired) electrons. The predicted molar refractivity (Wildman–Crippen MR) is 93.8 cm³/mol. The van der Waals surface area contributed by atoms with Crippen molar-refractivity contribution >= 4 is 21.8 Å². The van der Waals surface area contributed by atoms with E-state index >= 15 is 0 Å². The van der Waals surface area contributed by atoms with Gasteiger partial charge in [-0.3, -0.25) is 9.59 Å². The Hall–Kier alpha value is -2.19. The van der Waals surface area contributed by atoms with Gasteiger partial charge in [0.05, 0.1) is 19.7 Å². The van der Waals surface area contributed by atoms with Gasteiger partial charge in [-0.05, 0) is 18.2 Å². The summed E-state index contributed by atoms with van der Waals surface area (Å²) in [6.07, 6.45) is -1.93. The molecule has 1 fully saturated rings. The number of carbonyl (C=O) groups excluding carboxylic acids is 2. The zero-order valence-electron chi connectivity index (χ0n) is 15.7. The van der Waals surface area contributed by atoms with Crippen molar-refractivity contribution in [3.05, 3.63) is 29.8 Å². The quantitative estimate of drug-likeness (QED) is 0.402. The summed E-state index contributed by atoms with van der Waals surface area (Å²) in [6.45, 7) is -0.612. The zero-order chi connectivity index (χ0) is 21.6. The number of methoxy groups -OCH3 is 2. The number of sulfonamides is 1. The van der Waals surface area contributed by atoms with Crippen LogP contribution in [0, 0.1) is 11.6 Å². The van der Waals surface area contributed by atoms with Gasteiger partial charge in [0.2, 0.25) is 10.0 Å².